The first-order chi connectivity index (χ1) is 17.0. The Morgan fingerprint density at radius 3 is 2.74 bits per heavy atom. The Labute approximate surface area is 203 Å². The smallest absolute Gasteiger partial charge is 0.298 e. The summed E-state index contributed by atoms with van der Waals surface area (Å²) in [4.78, 5) is 30.8. The number of carbonyl (C=O) groups excluding carboxylic acids is 1. The molecule has 0 saturated carbocycles. The number of para-hydroxylation sites is 2. The van der Waals surface area contributed by atoms with E-state index in [4.69, 9.17) is 14.1 Å². The molecule has 0 aliphatic rings. The SMILES string of the molecule is COc1cccc(Cn2c(SCC(=O)Nc3ccccc3F)nc3c(oc4ccccc43)c2=O)c1. The molecule has 5 aromatic rings. The van der Waals surface area contributed by atoms with Crippen molar-refractivity contribution < 1.29 is 18.3 Å². The average Bonchev–Trinajstić information content (AvgIpc) is 3.25. The topological polar surface area (TPSA) is 86.4 Å². The van der Waals surface area contributed by atoms with Crippen LogP contribution in [0.25, 0.3) is 22.1 Å². The summed E-state index contributed by atoms with van der Waals surface area (Å²) in [6, 6.07) is 20.6. The van der Waals surface area contributed by atoms with Crippen molar-refractivity contribution in [3.63, 3.8) is 0 Å². The zero-order chi connectivity index (χ0) is 24.4. The summed E-state index contributed by atoms with van der Waals surface area (Å²) in [5.41, 5.74) is 1.70. The van der Waals surface area contributed by atoms with Gasteiger partial charge in [-0.25, -0.2) is 9.37 Å². The number of amides is 1. The van der Waals surface area contributed by atoms with Gasteiger partial charge in [-0.2, -0.15) is 0 Å². The molecule has 0 atom stereocenters. The van der Waals surface area contributed by atoms with Gasteiger partial charge in [-0.1, -0.05) is 48.2 Å². The van der Waals surface area contributed by atoms with Gasteiger partial charge >= 0.3 is 0 Å². The van der Waals surface area contributed by atoms with Gasteiger partial charge in [0, 0.05) is 5.39 Å². The summed E-state index contributed by atoms with van der Waals surface area (Å²) in [5, 5.41) is 3.62. The van der Waals surface area contributed by atoms with Gasteiger partial charge in [-0.05, 0) is 42.0 Å². The van der Waals surface area contributed by atoms with Crippen LogP contribution in [0.1, 0.15) is 5.56 Å². The van der Waals surface area contributed by atoms with Crippen LogP contribution in [0.2, 0.25) is 0 Å². The van der Waals surface area contributed by atoms with E-state index in [2.05, 4.69) is 5.32 Å². The van der Waals surface area contributed by atoms with Gasteiger partial charge in [0.25, 0.3) is 5.56 Å². The molecule has 0 fully saturated rings. The molecule has 5 rings (SSSR count). The zero-order valence-corrected chi connectivity index (χ0v) is 19.5. The van der Waals surface area contributed by atoms with E-state index in [1.807, 2.05) is 42.5 Å². The summed E-state index contributed by atoms with van der Waals surface area (Å²) < 4.78 is 26.5. The van der Waals surface area contributed by atoms with Crippen LogP contribution < -0.4 is 15.6 Å². The third-order valence-corrected chi connectivity index (χ3v) is 6.38. The van der Waals surface area contributed by atoms with Crippen LogP contribution in [0, 0.1) is 5.82 Å². The van der Waals surface area contributed by atoms with Gasteiger partial charge in [0.1, 0.15) is 22.7 Å². The lowest BCUT2D eigenvalue weighted by molar-refractivity contribution is -0.113. The van der Waals surface area contributed by atoms with Crippen LogP contribution in [-0.4, -0.2) is 28.3 Å². The summed E-state index contributed by atoms with van der Waals surface area (Å²) >= 11 is 1.09. The lowest BCUT2D eigenvalue weighted by Crippen LogP contribution is -2.24. The van der Waals surface area contributed by atoms with E-state index in [1.54, 1.807) is 25.3 Å². The molecule has 0 bridgehead atoms. The van der Waals surface area contributed by atoms with Crippen LogP contribution in [-0.2, 0) is 11.3 Å². The van der Waals surface area contributed by atoms with Crippen molar-refractivity contribution in [2.75, 3.05) is 18.2 Å². The molecule has 0 aliphatic carbocycles. The summed E-state index contributed by atoms with van der Waals surface area (Å²) in [6.07, 6.45) is 0. The fourth-order valence-electron chi connectivity index (χ4n) is 3.74. The van der Waals surface area contributed by atoms with Crippen molar-refractivity contribution in [1.82, 2.24) is 9.55 Å². The molecular formula is C26H20FN3O4S. The van der Waals surface area contributed by atoms with Crippen molar-refractivity contribution in [2.24, 2.45) is 0 Å². The maximum absolute atomic E-state index is 13.9. The number of halogens is 1. The third kappa shape index (κ3) is 4.63. The molecule has 1 N–H and O–H groups in total. The number of aromatic nitrogens is 2. The van der Waals surface area contributed by atoms with E-state index in [9.17, 15) is 14.0 Å². The molecule has 0 spiro atoms. The van der Waals surface area contributed by atoms with Gasteiger partial charge in [-0.15, -0.1) is 0 Å². The quantitative estimate of drug-likeness (QED) is 0.254. The van der Waals surface area contributed by atoms with E-state index >= 15 is 0 Å². The van der Waals surface area contributed by atoms with Crippen LogP contribution in [0.15, 0.2) is 87.2 Å². The number of carbonyl (C=O) groups is 1. The number of anilines is 1. The van der Waals surface area contributed by atoms with E-state index in [0.29, 0.717) is 27.4 Å². The van der Waals surface area contributed by atoms with Crippen molar-refractivity contribution >= 4 is 45.4 Å². The molecule has 0 unspecified atom stereocenters. The van der Waals surface area contributed by atoms with E-state index in [-0.39, 0.29) is 29.1 Å². The largest absolute Gasteiger partial charge is 0.497 e. The molecular weight excluding hydrogens is 469 g/mol. The highest BCUT2D eigenvalue weighted by Gasteiger charge is 2.19. The molecule has 0 aliphatic heterocycles. The first-order valence-corrected chi connectivity index (χ1v) is 11.7. The van der Waals surface area contributed by atoms with Gasteiger partial charge in [-0.3, -0.25) is 14.2 Å². The van der Waals surface area contributed by atoms with Gasteiger partial charge in [0.05, 0.1) is 25.1 Å². The minimum Gasteiger partial charge on any atom is -0.497 e. The van der Waals surface area contributed by atoms with E-state index < -0.39 is 11.7 Å². The molecule has 2 aromatic heterocycles. The van der Waals surface area contributed by atoms with Crippen molar-refractivity contribution in [1.29, 1.82) is 0 Å². The first kappa shape index (κ1) is 22.7. The number of rotatable bonds is 7. The molecule has 2 heterocycles. The van der Waals surface area contributed by atoms with Crippen molar-refractivity contribution in [2.45, 2.75) is 11.7 Å². The second kappa shape index (κ2) is 9.63. The standard InChI is InChI=1S/C26H20FN3O4S/c1-33-17-8-6-7-16(13-17)14-30-25(32)24-23(18-9-2-5-12-21(18)34-24)29-26(30)35-15-22(31)28-20-11-4-3-10-19(20)27/h2-13H,14-15H2,1H3,(H,28,31). The minimum atomic E-state index is -0.523. The number of ether oxygens (including phenoxy) is 1. The Morgan fingerprint density at radius 1 is 1.11 bits per heavy atom. The Morgan fingerprint density at radius 2 is 1.91 bits per heavy atom. The van der Waals surface area contributed by atoms with Gasteiger partial charge < -0.3 is 14.5 Å². The summed E-state index contributed by atoms with van der Waals surface area (Å²) in [6.45, 7) is 0.202. The highest BCUT2D eigenvalue weighted by atomic mass is 32.2. The normalized spacial score (nSPS) is 11.1. The highest BCUT2D eigenvalue weighted by Crippen LogP contribution is 2.28. The number of nitrogens with zero attached hydrogens (tertiary/aromatic N) is 2. The lowest BCUT2D eigenvalue weighted by Gasteiger charge is -2.12. The number of fused-ring (bicyclic) bond motifs is 3. The number of thioether (sulfide) groups is 1. The fraction of sp³-hybridized carbons (Fsp3) is 0.115. The second-order valence-electron chi connectivity index (χ2n) is 7.73. The monoisotopic (exact) mass is 489 g/mol. The van der Waals surface area contributed by atoms with Crippen molar-refractivity contribution in [3.8, 4) is 5.75 Å². The molecule has 35 heavy (non-hydrogen) atoms. The molecule has 0 saturated heterocycles. The molecule has 0 radical (unpaired) electrons. The Hall–Kier alpha value is -4.11. The molecule has 1 amide bonds. The molecule has 3 aromatic carbocycles. The number of hydrogen-bond donors (Lipinski definition) is 1. The molecule has 7 nitrogen and oxygen atoms in total. The number of nitrogens with one attached hydrogen (secondary N) is 1. The average molecular weight is 490 g/mol. The number of methoxy groups -OCH3 is 1. The predicted octanol–water partition coefficient (Wildman–Crippen LogP) is 5.07. The molecule has 176 valence electrons. The Kier molecular flexibility index (Phi) is 6.24. The minimum absolute atomic E-state index is 0.0693. The van der Waals surface area contributed by atoms with Crippen LogP contribution in [0.5, 0.6) is 5.75 Å². The van der Waals surface area contributed by atoms with E-state index in [1.165, 1.54) is 16.7 Å². The van der Waals surface area contributed by atoms with Crippen LogP contribution in [0.3, 0.4) is 0 Å². The van der Waals surface area contributed by atoms with Gasteiger partial charge in [0.2, 0.25) is 11.5 Å². The zero-order valence-electron chi connectivity index (χ0n) is 18.7. The van der Waals surface area contributed by atoms with Crippen LogP contribution >= 0.6 is 11.8 Å². The summed E-state index contributed by atoms with van der Waals surface area (Å²) in [5.74, 6) is -0.350. The highest BCUT2D eigenvalue weighted by molar-refractivity contribution is 7.99. The second-order valence-corrected chi connectivity index (χ2v) is 8.67. The number of furan rings is 1. The fourth-order valence-corrected chi connectivity index (χ4v) is 4.53. The number of benzene rings is 3. The van der Waals surface area contributed by atoms with Gasteiger partial charge in [0.15, 0.2) is 5.16 Å². The third-order valence-electron chi connectivity index (χ3n) is 5.40. The molecule has 9 heteroatoms. The lowest BCUT2D eigenvalue weighted by atomic mass is 10.2. The number of hydrogen-bond acceptors (Lipinski definition) is 6. The maximum atomic E-state index is 13.9. The van der Waals surface area contributed by atoms with Crippen LogP contribution in [0.4, 0.5) is 10.1 Å². The summed E-state index contributed by atoms with van der Waals surface area (Å²) in [7, 11) is 1.57. The maximum Gasteiger partial charge on any atom is 0.298 e. The first-order valence-electron chi connectivity index (χ1n) is 10.8. The van der Waals surface area contributed by atoms with Crippen molar-refractivity contribution in [3.05, 3.63) is 94.5 Å². The predicted molar refractivity (Wildman–Crippen MR) is 134 cm³/mol. The Bertz CT molecular complexity index is 1610. The Balaban J connectivity index is 1.52. The van der Waals surface area contributed by atoms with E-state index in [0.717, 1.165) is 17.3 Å².